The Labute approximate surface area is 141 Å². The topological polar surface area (TPSA) is 66.4 Å². The summed E-state index contributed by atoms with van der Waals surface area (Å²) in [7, 11) is 0. The molecule has 0 aliphatic heterocycles. The zero-order chi connectivity index (χ0) is 16.8. The molecule has 4 nitrogen and oxygen atoms in total. The molecule has 0 aliphatic carbocycles. The molecule has 2 aromatic carbocycles. The first-order valence-electron chi connectivity index (χ1n) is 6.95. The van der Waals surface area contributed by atoms with Crippen molar-refractivity contribution in [2.75, 3.05) is 0 Å². The lowest BCUT2D eigenvalue weighted by Crippen LogP contribution is -2.43. The first kappa shape index (κ1) is 17.1. The highest BCUT2D eigenvalue weighted by Crippen LogP contribution is 2.12. The van der Waals surface area contributed by atoms with Crippen LogP contribution in [0.25, 0.3) is 0 Å². The number of carbonyl (C=O) groups is 2. The van der Waals surface area contributed by atoms with Gasteiger partial charge >= 0.3 is 5.97 Å². The van der Waals surface area contributed by atoms with Crippen molar-refractivity contribution in [3.8, 4) is 0 Å². The number of hydrogen-bond donors (Lipinski definition) is 2. The Bertz CT molecular complexity index is 686. The Balaban J connectivity index is 1.98. The van der Waals surface area contributed by atoms with Crippen LogP contribution in [-0.4, -0.2) is 23.0 Å². The summed E-state index contributed by atoms with van der Waals surface area (Å²) >= 11 is 3.31. The van der Waals surface area contributed by atoms with E-state index in [0.29, 0.717) is 5.56 Å². The van der Waals surface area contributed by atoms with Crippen molar-refractivity contribution in [3.05, 3.63) is 69.9 Å². The summed E-state index contributed by atoms with van der Waals surface area (Å²) in [5, 5.41) is 11.8. The summed E-state index contributed by atoms with van der Waals surface area (Å²) in [6.07, 6.45) is 0.197. The van der Waals surface area contributed by atoms with E-state index in [1.807, 2.05) is 12.1 Å². The van der Waals surface area contributed by atoms with Gasteiger partial charge in [0.05, 0.1) is 6.42 Å². The Morgan fingerprint density at radius 1 is 1.04 bits per heavy atom. The van der Waals surface area contributed by atoms with Crippen molar-refractivity contribution in [1.29, 1.82) is 0 Å². The second-order valence-corrected chi connectivity index (χ2v) is 6.01. The van der Waals surface area contributed by atoms with Crippen LogP contribution in [0.4, 0.5) is 4.39 Å². The normalized spacial score (nSPS) is 11.7. The predicted octanol–water partition coefficient (Wildman–Crippen LogP) is 2.94. The molecule has 1 atom stereocenters. The minimum atomic E-state index is -1.10. The van der Waals surface area contributed by atoms with Gasteiger partial charge in [0.25, 0.3) is 0 Å². The zero-order valence-corrected chi connectivity index (χ0v) is 13.7. The Morgan fingerprint density at radius 2 is 1.61 bits per heavy atom. The Kier molecular flexibility index (Phi) is 5.87. The molecule has 0 radical (unpaired) electrons. The van der Waals surface area contributed by atoms with Crippen LogP contribution in [-0.2, 0) is 22.4 Å². The van der Waals surface area contributed by atoms with Gasteiger partial charge in [0.2, 0.25) is 5.91 Å². The highest BCUT2D eigenvalue weighted by molar-refractivity contribution is 9.10. The second kappa shape index (κ2) is 7.87. The van der Waals surface area contributed by atoms with Crippen LogP contribution in [0.5, 0.6) is 0 Å². The highest BCUT2D eigenvalue weighted by atomic mass is 79.9. The van der Waals surface area contributed by atoms with E-state index in [-0.39, 0.29) is 18.7 Å². The van der Waals surface area contributed by atoms with Crippen LogP contribution >= 0.6 is 15.9 Å². The Morgan fingerprint density at radius 3 is 2.17 bits per heavy atom. The molecule has 2 N–H and O–H groups in total. The molecule has 2 rings (SSSR count). The lowest BCUT2D eigenvalue weighted by Gasteiger charge is -2.15. The largest absolute Gasteiger partial charge is 0.480 e. The van der Waals surface area contributed by atoms with Gasteiger partial charge in [0.15, 0.2) is 0 Å². The summed E-state index contributed by atoms with van der Waals surface area (Å²) in [4.78, 5) is 23.3. The molecule has 0 saturated heterocycles. The zero-order valence-electron chi connectivity index (χ0n) is 12.1. The van der Waals surface area contributed by atoms with Gasteiger partial charge in [-0.2, -0.15) is 0 Å². The Hall–Kier alpha value is -2.21. The van der Waals surface area contributed by atoms with Crippen LogP contribution in [0.1, 0.15) is 11.1 Å². The van der Waals surface area contributed by atoms with Crippen LogP contribution in [0, 0.1) is 5.82 Å². The minimum absolute atomic E-state index is 0.00436. The fourth-order valence-electron chi connectivity index (χ4n) is 2.09. The lowest BCUT2D eigenvalue weighted by molar-refractivity contribution is -0.141. The molecule has 0 unspecified atom stereocenters. The van der Waals surface area contributed by atoms with E-state index in [1.165, 1.54) is 24.3 Å². The molecule has 0 bridgehead atoms. The predicted molar refractivity (Wildman–Crippen MR) is 87.5 cm³/mol. The first-order valence-corrected chi connectivity index (χ1v) is 7.74. The summed E-state index contributed by atoms with van der Waals surface area (Å²) in [6, 6.07) is 11.7. The standard InChI is InChI=1S/C17H15BrFNO3/c18-13-5-1-11(2-6-13)9-15(17(22)23)20-16(21)10-12-3-7-14(19)8-4-12/h1-8,15H,9-10H2,(H,20,21)(H,22,23)/t15-/m0/s1. The van der Waals surface area contributed by atoms with E-state index in [4.69, 9.17) is 0 Å². The van der Waals surface area contributed by atoms with Gasteiger partial charge in [-0.3, -0.25) is 4.79 Å². The average molecular weight is 380 g/mol. The molecule has 0 heterocycles. The second-order valence-electron chi connectivity index (χ2n) is 5.09. The van der Waals surface area contributed by atoms with E-state index in [2.05, 4.69) is 21.2 Å². The molecule has 0 aliphatic rings. The molecule has 0 spiro atoms. The minimum Gasteiger partial charge on any atom is -0.480 e. The number of benzene rings is 2. The average Bonchev–Trinajstić information content (AvgIpc) is 2.51. The molecule has 6 heteroatoms. The monoisotopic (exact) mass is 379 g/mol. The van der Waals surface area contributed by atoms with Crippen LogP contribution in [0.2, 0.25) is 0 Å². The van der Waals surface area contributed by atoms with E-state index < -0.39 is 17.9 Å². The summed E-state index contributed by atoms with van der Waals surface area (Å²) < 4.78 is 13.7. The van der Waals surface area contributed by atoms with Crippen molar-refractivity contribution >= 4 is 27.8 Å². The maximum Gasteiger partial charge on any atom is 0.326 e. The van der Waals surface area contributed by atoms with Crippen LogP contribution in [0.15, 0.2) is 53.0 Å². The van der Waals surface area contributed by atoms with Gasteiger partial charge in [0.1, 0.15) is 11.9 Å². The number of nitrogens with one attached hydrogen (secondary N) is 1. The van der Waals surface area contributed by atoms with Gasteiger partial charge in [0, 0.05) is 10.9 Å². The smallest absolute Gasteiger partial charge is 0.326 e. The summed E-state index contributed by atoms with van der Waals surface area (Å²) in [6.45, 7) is 0. The lowest BCUT2D eigenvalue weighted by atomic mass is 10.1. The quantitative estimate of drug-likeness (QED) is 0.810. The van der Waals surface area contributed by atoms with Crippen molar-refractivity contribution in [2.45, 2.75) is 18.9 Å². The number of hydrogen-bond acceptors (Lipinski definition) is 2. The van der Waals surface area contributed by atoms with E-state index in [0.717, 1.165) is 10.0 Å². The van der Waals surface area contributed by atoms with Crippen molar-refractivity contribution in [1.82, 2.24) is 5.32 Å². The third-order valence-corrected chi connectivity index (χ3v) is 3.79. The summed E-state index contributed by atoms with van der Waals surface area (Å²) in [5.41, 5.74) is 1.43. The molecule has 0 saturated carbocycles. The molecule has 23 heavy (non-hydrogen) atoms. The number of rotatable bonds is 6. The fraction of sp³-hybridized carbons (Fsp3) is 0.176. The van der Waals surface area contributed by atoms with Crippen molar-refractivity contribution < 1.29 is 19.1 Å². The van der Waals surface area contributed by atoms with Crippen LogP contribution in [0.3, 0.4) is 0 Å². The molecule has 1 amide bonds. The van der Waals surface area contributed by atoms with E-state index >= 15 is 0 Å². The van der Waals surface area contributed by atoms with Gasteiger partial charge in [-0.15, -0.1) is 0 Å². The number of carbonyl (C=O) groups excluding carboxylic acids is 1. The molecule has 0 aromatic heterocycles. The molecular formula is C17H15BrFNO3. The van der Waals surface area contributed by atoms with E-state index in [1.54, 1.807) is 12.1 Å². The van der Waals surface area contributed by atoms with E-state index in [9.17, 15) is 19.1 Å². The fourth-order valence-corrected chi connectivity index (χ4v) is 2.35. The number of amides is 1. The van der Waals surface area contributed by atoms with Gasteiger partial charge < -0.3 is 10.4 Å². The van der Waals surface area contributed by atoms with Gasteiger partial charge in [-0.05, 0) is 35.4 Å². The third-order valence-electron chi connectivity index (χ3n) is 3.26. The van der Waals surface area contributed by atoms with Crippen molar-refractivity contribution in [3.63, 3.8) is 0 Å². The third kappa shape index (κ3) is 5.49. The van der Waals surface area contributed by atoms with Gasteiger partial charge in [-0.25, -0.2) is 9.18 Å². The molecule has 0 fully saturated rings. The summed E-state index contributed by atoms with van der Waals surface area (Å²) in [5.74, 6) is -1.89. The van der Waals surface area contributed by atoms with Crippen molar-refractivity contribution in [2.24, 2.45) is 0 Å². The maximum absolute atomic E-state index is 12.8. The number of carboxylic acid groups (broad SMARTS) is 1. The number of halogens is 2. The van der Waals surface area contributed by atoms with Crippen LogP contribution < -0.4 is 5.32 Å². The molecule has 120 valence electrons. The molecule has 2 aromatic rings. The highest BCUT2D eigenvalue weighted by Gasteiger charge is 2.20. The molecular weight excluding hydrogens is 365 g/mol. The first-order chi connectivity index (χ1) is 10.9. The number of aliphatic carboxylic acids is 1. The maximum atomic E-state index is 12.8. The van der Waals surface area contributed by atoms with Gasteiger partial charge in [-0.1, -0.05) is 40.2 Å². The SMILES string of the molecule is O=C(Cc1ccc(F)cc1)N[C@@H](Cc1ccc(Br)cc1)C(=O)O. The number of carboxylic acids is 1.